The normalized spacial score (nSPS) is 11.4. The van der Waals surface area contributed by atoms with Gasteiger partial charge in [-0.25, -0.2) is 4.98 Å². The van der Waals surface area contributed by atoms with Crippen molar-refractivity contribution in [2.75, 3.05) is 0 Å². The second-order valence-electron chi connectivity index (χ2n) is 3.68. The van der Waals surface area contributed by atoms with Crippen molar-refractivity contribution in [3.8, 4) is 0 Å². The molecule has 74 valence electrons. The van der Waals surface area contributed by atoms with Crippen LogP contribution in [-0.2, 0) is 6.54 Å². The van der Waals surface area contributed by atoms with E-state index in [-0.39, 0.29) is 0 Å². The van der Waals surface area contributed by atoms with Crippen molar-refractivity contribution in [1.82, 2.24) is 9.55 Å². The van der Waals surface area contributed by atoms with E-state index in [0.29, 0.717) is 12.6 Å². The third-order valence-corrected chi connectivity index (χ3v) is 2.37. The van der Waals surface area contributed by atoms with Gasteiger partial charge in [-0.15, -0.1) is 0 Å². The summed E-state index contributed by atoms with van der Waals surface area (Å²) in [5.74, 6) is 0.959. The average Bonchev–Trinajstić information content (AvgIpc) is 2.55. The van der Waals surface area contributed by atoms with E-state index in [9.17, 15) is 0 Å². The van der Waals surface area contributed by atoms with Crippen LogP contribution in [0.3, 0.4) is 0 Å². The predicted molar refractivity (Wildman–Crippen MR) is 58.0 cm³/mol. The largest absolute Gasteiger partial charge is 0.324 e. The van der Waals surface area contributed by atoms with Crippen LogP contribution in [-0.4, -0.2) is 9.55 Å². The summed E-state index contributed by atoms with van der Waals surface area (Å²) in [4.78, 5) is 4.49. The molecule has 3 heteroatoms. The molecule has 2 N–H and O–H groups in total. The van der Waals surface area contributed by atoms with Crippen LogP contribution in [0.4, 0.5) is 0 Å². The minimum absolute atomic E-state index is 0.404. The zero-order chi connectivity index (χ0) is 10.1. The van der Waals surface area contributed by atoms with Gasteiger partial charge in [0, 0.05) is 6.04 Å². The predicted octanol–water partition coefficient (Wildman–Crippen LogP) is 2.08. The maximum Gasteiger partial charge on any atom is 0.123 e. The van der Waals surface area contributed by atoms with E-state index in [1.165, 1.54) is 5.52 Å². The highest BCUT2D eigenvalue weighted by molar-refractivity contribution is 5.76. The summed E-state index contributed by atoms with van der Waals surface area (Å²) in [5.41, 5.74) is 7.87. The van der Waals surface area contributed by atoms with Crippen LogP contribution in [0.15, 0.2) is 24.3 Å². The highest BCUT2D eigenvalue weighted by Crippen LogP contribution is 2.20. The first-order valence-electron chi connectivity index (χ1n) is 4.90. The summed E-state index contributed by atoms with van der Waals surface area (Å²) in [7, 11) is 0. The molecule has 0 aliphatic heterocycles. The zero-order valence-electron chi connectivity index (χ0n) is 8.57. The molecule has 0 atom stereocenters. The van der Waals surface area contributed by atoms with Gasteiger partial charge < -0.3 is 10.3 Å². The Kier molecular flexibility index (Phi) is 2.25. The van der Waals surface area contributed by atoms with Crippen LogP contribution in [0.1, 0.15) is 25.7 Å². The van der Waals surface area contributed by atoms with Crippen molar-refractivity contribution >= 4 is 11.0 Å². The average molecular weight is 189 g/mol. The van der Waals surface area contributed by atoms with E-state index >= 15 is 0 Å². The molecule has 1 heterocycles. The molecule has 1 aromatic carbocycles. The molecule has 0 aliphatic carbocycles. The molecule has 1 aromatic heterocycles. The fourth-order valence-corrected chi connectivity index (χ4v) is 1.81. The molecule has 3 nitrogen and oxygen atoms in total. The lowest BCUT2D eigenvalue weighted by Gasteiger charge is -2.11. The number of aromatic nitrogens is 2. The van der Waals surface area contributed by atoms with E-state index in [1.807, 2.05) is 18.2 Å². The van der Waals surface area contributed by atoms with Crippen LogP contribution in [0, 0.1) is 0 Å². The van der Waals surface area contributed by atoms with Gasteiger partial charge in [0.1, 0.15) is 5.82 Å². The fourth-order valence-electron chi connectivity index (χ4n) is 1.81. The number of hydrogen-bond acceptors (Lipinski definition) is 2. The number of benzene rings is 1. The Hall–Kier alpha value is -1.35. The molecular formula is C11H15N3. The minimum Gasteiger partial charge on any atom is -0.324 e. The molecule has 0 amide bonds. The third kappa shape index (κ3) is 1.30. The Morgan fingerprint density at radius 3 is 2.71 bits per heavy atom. The zero-order valence-corrected chi connectivity index (χ0v) is 8.57. The topological polar surface area (TPSA) is 43.8 Å². The van der Waals surface area contributed by atoms with Gasteiger partial charge in [0.15, 0.2) is 0 Å². The maximum atomic E-state index is 5.67. The molecule has 2 rings (SSSR count). The molecule has 0 saturated heterocycles. The second kappa shape index (κ2) is 3.42. The molecule has 0 saturated carbocycles. The Labute approximate surface area is 83.6 Å². The summed E-state index contributed by atoms with van der Waals surface area (Å²) >= 11 is 0. The second-order valence-corrected chi connectivity index (χ2v) is 3.68. The van der Waals surface area contributed by atoms with Crippen molar-refractivity contribution in [1.29, 1.82) is 0 Å². The Bertz CT molecular complexity index is 443. The third-order valence-electron chi connectivity index (χ3n) is 2.37. The Morgan fingerprint density at radius 1 is 1.36 bits per heavy atom. The van der Waals surface area contributed by atoms with Crippen LogP contribution in [0.5, 0.6) is 0 Å². The highest BCUT2D eigenvalue weighted by atomic mass is 15.1. The van der Waals surface area contributed by atoms with Gasteiger partial charge in [-0.05, 0) is 26.0 Å². The summed E-state index contributed by atoms with van der Waals surface area (Å²) in [5, 5.41) is 0. The first kappa shape index (κ1) is 9.21. The van der Waals surface area contributed by atoms with Crippen molar-refractivity contribution in [2.24, 2.45) is 5.73 Å². The SMILES string of the molecule is CC(C)n1c(CN)nc2ccccc21. The molecule has 0 unspecified atom stereocenters. The number of rotatable bonds is 2. The molecule has 0 fully saturated rings. The van der Waals surface area contributed by atoms with Gasteiger partial charge in [-0.1, -0.05) is 12.1 Å². The lowest BCUT2D eigenvalue weighted by Crippen LogP contribution is -2.10. The van der Waals surface area contributed by atoms with Gasteiger partial charge in [0.25, 0.3) is 0 Å². The number of nitrogens with zero attached hydrogens (tertiary/aromatic N) is 2. The molecule has 0 radical (unpaired) electrons. The smallest absolute Gasteiger partial charge is 0.123 e. The number of hydrogen-bond donors (Lipinski definition) is 1. The first-order valence-corrected chi connectivity index (χ1v) is 4.90. The van der Waals surface area contributed by atoms with Gasteiger partial charge in [-0.3, -0.25) is 0 Å². The first-order chi connectivity index (χ1) is 6.74. The number of nitrogens with two attached hydrogens (primary N) is 1. The molecule has 0 aliphatic rings. The minimum atomic E-state index is 0.404. The van der Waals surface area contributed by atoms with Gasteiger partial charge in [-0.2, -0.15) is 0 Å². The van der Waals surface area contributed by atoms with Crippen LogP contribution in [0.2, 0.25) is 0 Å². The summed E-state index contributed by atoms with van der Waals surface area (Å²) in [6.45, 7) is 4.79. The molecular weight excluding hydrogens is 174 g/mol. The molecule has 0 bridgehead atoms. The Balaban J connectivity index is 2.74. The molecule has 14 heavy (non-hydrogen) atoms. The van der Waals surface area contributed by atoms with Crippen molar-refractivity contribution in [2.45, 2.75) is 26.4 Å². The summed E-state index contributed by atoms with van der Waals surface area (Å²) < 4.78 is 2.19. The van der Waals surface area contributed by atoms with E-state index < -0.39 is 0 Å². The summed E-state index contributed by atoms with van der Waals surface area (Å²) in [6.07, 6.45) is 0. The highest BCUT2D eigenvalue weighted by Gasteiger charge is 2.10. The van der Waals surface area contributed by atoms with Gasteiger partial charge in [0.05, 0.1) is 17.6 Å². The van der Waals surface area contributed by atoms with Crippen LogP contribution in [0.25, 0.3) is 11.0 Å². The van der Waals surface area contributed by atoms with Gasteiger partial charge >= 0.3 is 0 Å². The van der Waals surface area contributed by atoms with Crippen molar-refractivity contribution in [3.05, 3.63) is 30.1 Å². The van der Waals surface area contributed by atoms with Crippen LogP contribution >= 0.6 is 0 Å². The molecule has 2 aromatic rings. The van der Waals surface area contributed by atoms with Gasteiger partial charge in [0.2, 0.25) is 0 Å². The van der Waals surface area contributed by atoms with Crippen molar-refractivity contribution < 1.29 is 0 Å². The molecule has 0 spiro atoms. The number of fused-ring (bicyclic) bond motifs is 1. The quantitative estimate of drug-likeness (QED) is 0.786. The fraction of sp³-hybridized carbons (Fsp3) is 0.364. The standard InChI is InChI=1S/C11H15N3/c1-8(2)14-10-6-4-3-5-9(10)13-11(14)7-12/h3-6,8H,7,12H2,1-2H3. The van der Waals surface area contributed by atoms with Crippen LogP contribution < -0.4 is 5.73 Å². The van der Waals surface area contributed by atoms with E-state index in [2.05, 4.69) is 29.5 Å². The number of imidazole rings is 1. The lowest BCUT2D eigenvalue weighted by atomic mass is 10.3. The van der Waals surface area contributed by atoms with Crippen molar-refractivity contribution in [3.63, 3.8) is 0 Å². The van der Waals surface area contributed by atoms with E-state index in [0.717, 1.165) is 11.3 Å². The lowest BCUT2D eigenvalue weighted by molar-refractivity contribution is 0.585. The van der Waals surface area contributed by atoms with E-state index in [4.69, 9.17) is 5.73 Å². The number of para-hydroxylation sites is 2. The maximum absolute atomic E-state index is 5.67. The Morgan fingerprint density at radius 2 is 2.07 bits per heavy atom. The summed E-state index contributed by atoms with van der Waals surface area (Å²) in [6, 6.07) is 8.54. The monoisotopic (exact) mass is 189 g/mol. The van der Waals surface area contributed by atoms with E-state index in [1.54, 1.807) is 0 Å².